The number of benzene rings is 1. The number of urea groups is 1. The molecule has 6 nitrogen and oxygen atoms in total. The van der Waals surface area contributed by atoms with Gasteiger partial charge in [-0.2, -0.15) is 0 Å². The third kappa shape index (κ3) is 4.37. The Kier molecular flexibility index (Phi) is 6.24. The Balaban J connectivity index is 1.63. The molecule has 27 heavy (non-hydrogen) atoms. The van der Waals surface area contributed by atoms with Crippen LogP contribution < -0.4 is 21.1 Å². The van der Waals surface area contributed by atoms with Crippen molar-refractivity contribution in [1.29, 1.82) is 0 Å². The van der Waals surface area contributed by atoms with Crippen LogP contribution in [0.5, 0.6) is 5.75 Å². The fraction of sp³-hybridized carbons (Fsp3) is 0.619. The minimum absolute atomic E-state index is 0.0729. The first kappa shape index (κ1) is 19.5. The molecule has 2 aliphatic carbocycles. The molecule has 148 valence electrons. The van der Waals surface area contributed by atoms with Gasteiger partial charge >= 0.3 is 6.03 Å². The molecule has 0 aliphatic heterocycles. The van der Waals surface area contributed by atoms with Crippen molar-refractivity contribution in [3.8, 4) is 5.75 Å². The lowest BCUT2D eigenvalue weighted by atomic mass is 9.64. The van der Waals surface area contributed by atoms with Crippen LogP contribution in [0, 0.1) is 5.92 Å². The molecule has 2 fully saturated rings. The van der Waals surface area contributed by atoms with Crippen LogP contribution in [0.15, 0.2) is 24.3 Å². The summed E-state index contributed by atoms with van der Waals surface area (Å²) in [4.78, 5) is 24.3. The van der Waals surface area contributed by atoms with E-state index in [1.165, 1.54) is 0 Å². The summed E-state index contributed by atoms with van der Waals surface area (Å²) in [6.45, 7) is 0.563. The van der Waals surface area contributed by atoms with E-state index in [0.717, 1.165) is 62.7 Å². The summed E-state index contributed by atoms with van der Waals surface area (Å²) in [6.07, 6.45) is 7.85. The SMILES string of the molecule is COc1ccccc1C1(CNC(=O)NC2CCCCCC2C(N)=O)CCC1. The molecule has 0 bridgehead atoms. The summed E-state index contributed by atoms with van der Waals surface area (Å²) in [7, 11) is 1.68. The molecular weight excluding hydrogens is 342 g/mol. The normalized spacial score (nSPS) is 24.2. The maximum absolute atomic E-state index is 12.6. The summed E-state index contributed by atoms with van der Waals surface area (Å²) < 4.78 is 5.53. The van der Waals surface area contributed by atoms with E-state index in [9.17, 15) is 9.59 Å². The van der Waals surface area contributed by atoms with Crippen molar-refractivity contribution in [3.05, 3.63) is 29.8 Å². The molecule has 1 aromatic rings. The minimum atomic E-state index is -0.313. The summed E-state index contributed by atoms with van der Waals surface area (Å²) in [5.41, 5.74) is 6.64. The Bertz CT molecular complexity index is 672. The van der Waals surface area contributed by atoms with Crippen LogP contribution >= 0.6 is 0 Å². The standard InChI is InChI=1S/C21H31N3O3/c1-27-18-11-6-5-9-16(18)21(12-7-13-21)14-23-20(26)24-17-10-4-2-3-8-15(17)19(22)25/h5-6,9,11,15,17H,2-4,7-8,10,12-14H2,1H3,(H2,22,25)(H2,23,24,26). The Labute approximate surface area is 161 Å². The Hall–Kier alpha value is -2.24. The van der Waals surface area contributed by atoms with E-state index in [4.69, 9.17) is 10.5 Å². The first-order valence-corrected chi connectivity index (χ1v) is 10.0. The van der Waals surface area contributed by atoms with Crippen LogP contribution in [-0.2, 0) is 10.2 Å². The van der Waals surface area contributed by atoms with Gasteiger partial charge < -0.3 is 21.1 Å². The fourth-order valence-electron chi connectivity index (χ4n) is 4.52. The zero-order chi connectivity index (χ0) is 19.3. The lowest BCUT2D eigenvalue weighted by molar-refractivity contribution is -0.122. The molecule has 2 aliphatic rings. The van der Waals surface area contributed by atoms with Crippen LogP contribution in [0.4, 0.5) is 4.79 Å². The molecule has 1 aromatic carbocycles. The van der Waals surface area contributed by atoms with Gasteiger partial charge in [-0.25, -0.2) is 4.79 Å². The zero-order valence-corrected chi connectivity index (χ0v) is 16.1. The molecule has 2 atom stereocenters. The van der Waals surface area contributed by atoms with E-state index in [1.54, 1.807) is 7.11 Å². The molecule has 0 saturated heterocycles. The van der Waals surface area contributed by atoms with Crippen molar-refractivity contribution in [1.82, 2.24) is 10.6 Å². The van der Waals surface area contributed by atoms with Gasteiger partial charge in [0.25, 0.3) is 0 Å². The highest BCUT2D eigenvalue weighted by molar-refractivity contribution is 5.80. The Morgan fingerprint density at radius 1 is 1.15 bits per heavy atom. The number of para-hydroxylation sites is 1. The predicted octanol–water partition coefficient (Wildman–Crippen LogP) is 2.85. The van der Waals surface area contributed by atoms with E-state index in [0.29, 0.717) is 6.54 Å². The number of ether oxygens (including phenoxy) is 1. The van der Waals surface area contributed by atoms with Crippen molar-refractivity contribution in [2.24, 2.45) is 11.7 Å². The largest absolute Gasteiger partial charge is 0.496 e. The third-order valence-corrected chi connectivity index (χ3v) is 6.27. The monoisotopic (exact) mass is 373 g/mol. The molecule has 0 spiro atoms. The topological polar surface area (TPSA) is 93.4 Å². The van der Waals surface area contributed by atoms with E-state index >= 15 is 0 Å². The van der Waals surface area contributed by atoms with Gasteiger partial charge in [0.2, 0.25) is 5.91 Å². The van der Waals surface area contributed by atoms with E-state index in [2.05, 4.69) is 16.7 Å². The number of hydrogen-bond donors (Lipinski definition) is 3. The second kappa shape index (κ2) is 8.63. The van der Waals surface area contributed by atoms with Gasteiger partial charge in [0.05, 0.1) is 13.0 Å². The number of carbonyl (C=O) groups is 2. The number of nitrogens with two attached hydrogens (primary N) is 1. The molecule has 3 rings (SSSR count). The number of primary amides is 1. The van der Waals surface area contributed by atoms with E-state index in [1.807, 2.05) is 18.2 Å². The highest BCUT2D eigenvalue weighted by Gasteiger charge is 2.41. The quantitative estimate of drug-likeness (QED) is 0.669. The number of nitrogens with one attached hydrogen (secondary N) is 2. The number of carbonyl (C=O) groups excluding carboxylic acids is 2. The summed E-state index contributed by atoms with van der Waals surface area (Å²) >= 11 is 0. The van der Waals surface area contributed by atoms with Crippen molar-refractivity contribution in [3.63, 3.8) is 0 Å². The van der Waals surface area contributed by atoms with Crippen LogP contribution in [0.3, 0.4) is 0 Å². The molecule has 0 heterocycles. The number of methoxy groups -OCH3 is 1. The minimum Gasteiger partial charge on any atom is -0.496 e. The van der Waals surface area contributed by atoms with Gasteiger partial charge in [-0.05, 0) is 31.7 Å². The second-order valence-corrected chi connectivity index (χ2v) is 7.91. The average Bonchev–Trinajstić information content (AvgIpc) is 2.86. The number of rotatable bonds is 6. The predicted molar refractivity (Wildman–Crippen MR) is 105 cm³/mol. The second-order valence-electron chi connectivity index (χ2n) is 7.91. The molecule has 6 heteroatoms. The zero-order valence-electron chi connectivity index (χ0n) is 16.1. The summed E-state index contributed by atoms with van der Waals surface area (Å²) in [6, 6.07) is 7.65. The molecule has 4 N–H and O–H groups in total. The lowest BCUT2D eigenvalue weighted by Gasteiger charge is -2.43. The van der Waals surface area contributed by atoms with Gasteiger partial charge in [0.1, 0.15) is 5.75 Å². The van der Waals surface area contributed by atoms with Crippen LogP contribution in [0.1, 0.15) is 56.9 Å². The lowest BCUT2D eigenvalue weighted by Crippen LogP contribution is -2.52. The van der Waals surface area contributed by atoms with Crippen molar-refractivity contribution in [2.45, 2.75) is 62.8 Å². The van der Waals surface area contributed by atoms with Crippen molar-refractivity contribution in [2.75, 3.05) is 13.7 Å². The van der Waals surface area contributed by atoms with Crippen LogP contribution in [-0.4, -0.2) is 31.6 Å². The van der Waals surface area contributed by atoms with Gasteiger partial charge in [0.15, 0.2) is 0 Å². The van der Waals surface area contributed by atoms with Gasteiger partial charge in [-0.3, -0.25) is 4.79 Å². The fourth-order valence-corrected chi connectivity index (χ4v) is 4.52. The van der Waals surface area contributed by atoms with Gasteiger partial charge in [-0.1, -0.05) is 43.9 Å². The highest BCUT2D eigenvalue weighted by Crippen LogP contribution is 2.46. The van der Waals surface area contributed by atoms with E-state index < -0.39 is 0 Å². The van der Waals surface area contributed by atoms with Crippen molar-refractivity contribution >= 4 is 11.9 Å². The molecule has 0 radical (unpaired) electrons. The van der Waals surface area contributed by atoms with Crippen molar-refractivity contribution < 1.29 is 14.3 Å². The maximum Gasteiger partial charge on any atom is 0.315 e. The van der Waals surface area contributed by atoms with Gasteiger partial charge in [0, 0.05) is 23.6 Å². The first-order chi connectivity index (χ1) is 13.1. The molecular formula is C21H31N3O3. The van der Waals surface area contributed by atoms with Crippen LogP contribution in [0.2, 0.25) is 0 Å². The molecule has 2 unspecified atom stereocenters. The average molecular weight is 373 g/mol. The first-order valence-electron chi connectivity index (χ1n) is 10.0. The maximum atomic E-state index is 12.6. The number of hydrogen-bond acceptors (Lipinski definition) is 3. The molecule has 2 saturated carbocycles. The smallest absolute Gasteiger partial charge is 0.315 e. The third-order valence-electron chi connectivity index (χ3n) is 6.27. The van der Waals surface area contributed by atoms with E-state index in [-0.39, 0.29) is 29.3 Å². The van der Waals surface area contributed by atoms with Gasteiger partial charge in [-0.15, -0.1) is 0 Å². The summed E-state index contributed by atoms with van der Waals surface area (Å²) in [5.74, 6) is 0.286. The number of amides is 3. The molecule has 3 amide bonds. The highest BCUT2D eigenvalue weighted by atomic mass is 16.5. The Morgan fingerprint density at radius 3 is 2.56 bits per heavy atom. The van der Waals surface area contributed by atoms with Crippen LogP contribution in [0.25, 0.3) is 0 Å². The Morgan fingerprint density at radius 2 is 1.89 bits per heavy atom. The molecule has 0 aromatic heterocycles. The summed E-state index contributed by atoms with van der Waals surface area (Å²) in [5, 5.41) is 6.05.